The summed E-state index contributed by atoms with van der Waals surface area (Å²) < 4.78 is 27.6. The minimum Gasteiger partial charge on any atom is -0.311 e. The summed E-state index contributed by atoms with van der Waals surface area (Å²) in [5.41, 5.74) is 23.7. The number of fused-ring (bicyclic) bond motifs is 7. The van der Waals surface area contributed by atoms with Crippen molar-refractivity contribution in [2.75, 3.05) is 9.80 Å². The molecule has 3 aliphatic carbocycles. The molecule has 0 aromatic heterocycles. The zero-order valence-corrected chi connectivity index (χ0v) is 41.0. The van der Waals surface area contributed by atoms with Crippen LogP contribution >= 0.6 is 0 Å². The molecule has 64 heavy (non-hydrogen) atoms. The van der Waals surface area contributed by atoms with Crippen LogP contribution in [0.4, 0.5) is 34.1 Å². The zero-order valence-electron chi connectivity index (χ0n) is 44.0. The molecule has 2 aliphatic heterocycles. The average molecular weight is 844 g/mol. The van der Waals surface area contributed by atoms with E-state index in [1.54, 1.807) is 0 Å². The fourth-order valence-electron chi connectivity index (χ4n) is 14.1. The van der Waals surface area contributed by atoms with Crippen LogP contribution in [0.15, 0.2) is 97.1 Å². The van der Waals surface area contributed by atoms with Crippen LogP contribution in [0.3, 0.4) is 0 Å². The lowest BCUT2D eigenvalue weighted by atomic mass is 9.33. The summed E-state index contributed by atoms with van der Waals surface area (Å²) in [6.07, 6.45) is 4.36. The number of anilines is 6. The summed E-state index contributed by atoms with van der Waals surface area (Å²) in [5, 5.41) is 0. The first-order valence-corrected chi connectivity index (χ1v) is 24.1. The SMILES string of the molecule is [2H]C([2H])([2H])c1cc2c3c(c1)N(c1cc4c(cc1C)C(C)(C)CC4(C)C)c1cc4c(cc1B3c1ccc(-c3ccccc3)cc1N2c1cc2c(cc1C)C(C)(C)CC2(C)C)C(C)(C)CCC4(C)C. The van der Waals surface area contributed by atoms with Crippen LogP contribution < -0.4 is 26.2 Å². The van der Waals surface area contributed by atoms with Crippen LogP contribution in [0.1, 0.15) is 163 Å². The summed E-state index contributed by atoms with van der Waals surface area (Å²) in [6.45, 7) is 30.9. The quantitative estimate of drug-likeness (QED) is 0.164. The molecular formula is C61H69BN2. The van der Waals surface area contributed by atoms with Gasteiger partial charge in [0.05, 0.1) is 0 Å². The Kier molecular flexibility index (Phi) is 7.82. The maximum atomic E-state index is 9.20. The van der Waals surface area contributed by atoms with E-state index in [0.29, 0.717) is 5.56 Å². The Morgan fingerprint density at radius 2 is 0.859 bits per heavy atom. The summed E-state index contributed by atoms with van der Waals surface area (Å²) in [6, 6.07) is 36.9. The van der Waals surface area contributed by atoms with E-state index >= 15 is 0 Å². The molecule has 6 aromatic carbocycles. The number of hydrogen-bond acceptors (Lipinski definition) is 2. The topological polar surface area (TPSA) is 6.48 Å². The lowest BCUT2D eigenvalue weighted by Crippen LogP contribution is -2.62. The maximum absolute atomic E-state index is 9.20. The largest absolute Gasteiger partial charge is 0.311 e. The van der Waals surface area contributed by atoms with Crippen molar-refractivity contribution in [3.05, 3.63) is 147 Å². The van der Waals surface area contributed by atoms with E-state index in [4.69, 9.17) is 0 Å². The van der Waals surface area contributed by atoms with E-state index < -0.39 is 6.85 Å². The highest BCUT2D eigenvalue weighted by Gasteiger charge is 2.49. The van der Waals surface area contributed by atoms with E-state index in [0.717, 1.165) is 70.9 Å². The van der Waals surface area contributed by atoms with Gasteiger partial charge in [0.25, 0.3) is 6.71 Å². The summed E-state index contributed by atoms with van der Waals surface area (Å²) >= 11 is 0. The number of benzene rings is 6. The molecule has 0 saturated carbocycles. The van der Waals surface area contributed by atoms with Gasteiger partial charge in [0.15, 0.2) is 0 Å². The third-order valence-corrected chi connectivity index (χ3v) is 17.0. The molecule has 0 atom stereocenters. The molecule has 3 heteroatoms. The van der Waals surface area contributed by atoms with Crippen molar-refractivity contribution < 1.29 is 4.11 Å². The predicted molar refractivity (Wildman–Crippen MR) is 277 cm³/mol. The van der Waals surface area contributed by atoms with E-state index in [1.165, 1.54) is 60.9 Å². The third kappa shape index (κ3) is 5.83. The fourth-order valence-corrected chi connectivity index (χ4v) is 14.1. The number of nitrogens with zero attached hydrogens (tertiary/aromatic N) is 2. The molecule has 0 N–H and O–H groups in total. The van der Waals surface area contributed by atoms with E-state index in [1.807, 2.05) is 12.1 Å². The van der Waals surface area contributed by atoms with Crippen LogP contribution in [0.25, 0.3) is 11.1 Å². The van der Waals surface area contributed by atoms with Gasteiger partial charge in [-0.05, 0) is 193 Å². The van der Waals surface area contributed by atoms with Crippen LogP contribution in [0.2, 0.25) is 0 Å². The minimum atomic E-state index is -2.36. The molecule has 6 aromatic rings. The Hall–Kier alpha value is -5.02. The zero-order chi connectivity index (χ0) is 47.9. The van der Waals surface area contributed by atoms with Crippen molar-refractivity contribution >= 4 is 57.2 Å². The fraction of sp³-hybridized carbons (Fsp3) is 0.410. The van der Waals surface area contributed by atoms with Crippen molar-refractivity contribution in [1.82, 2.24) is 0 Å². The van der Waals surface area contributed by atoms with Crippen LogP contribution in [0, 0.1) is 20.7 Å². The van der Waals surface area contributed by atoms with Gasteiger partial charge in [0.1, 0.15) is 0 Å². The van der Waals surface area contributed by atoms with Crippen molar-refractivity contribution in [3.8, 4) is 11.1 Å². The van der Waals surface area contributed by atoms with Gasteiger partial charge in [0, 0.05) is 38.2 Å². The molecule has 0 unspecified atom stereocenters. The summed E-state index contributed by atoms with van der Waals surface area (Å²) in [7, 11) is 0. The van der Waals surface area contributed by atoms with Crippen molar-refractivity contribution in [2.45, 2.75) is 162 Å². The average Bonchev–Trinajstić information content (AvgIpc) is 3.54. The number of hydrogen-bond donors (Lipinski definition) is 0. The Balaban J connectivity index is 1.30. The Bertz CT molecular complexity index is 3110. The molecule has 2 nitrogen and oxygen atoms in total. The Labute approximate surface area is 389 Å². The molecular weight excluding hydrogens is 771 g/mol. The molecule has 2 heterocycles. The minimum absolute atomic E-state index is 0.0131. The van der Waals surface area contributed by atoms with Gasteiger partial charge < -0.3 is 9.80 Å². The molecule has 326 valence electrons. The smallest absolute Gasteiger partial charge is 0.252 e. The van der Waals surface area contributed by atoms with Gasteiger partial charge in [-0.1, -0.05) is 144 Å². The number of aryl methyl sites for hydroxylation is 3. The second kappa shape index (κ2) is 13.1. The lowest BCUT2D eigenvalue weighted by Gasteiger charge is -2.48. The van der Waals surface area contributed by atoms with Crippen LogP contribution in [0.5, 0.6) is 0 Å². The predicted octanol–water partition coefficient (Wildman–Crippen LogP) is 14.6. The first-order valence-electron chi connectivity index (χ1n) is 25.6. The van der Waals surface area contributed by atoms with Gasteiger partial charge in [-0.2, -0.15) is 0 Å². The molecule has 0 spiro atoms. The molecule has 11 rings (SSSR count). The van der Waals surface area contributed by atoms with E-state index in [-0.39, 0.29) is 39.2 Å². The first-order chi connectivity index (χ1) is 31.1. The molecule has 5 aliphatic rings. The second-order valence-corrected chi connectivity index (χ2v) is 24.7. The van der Waals surface area contributed by atoms with Gasteiger partial charge in [-0.25, -0.2) is 0 Å². The van der Waals surface area contributed by atoms with Crippen molar-refractivity contribution in [2.24, 2.45) is 0 Å². The monoisotopic (exact) mass is 844 g/mol. The molecule has 0 amide bonds. The van der Waals surface area contributed by atoms with Crippen molar-refractivity contribution in [1.29, 1.82) is 0 Å². The van der Waals surface area contributed by atoms with Crippen LogP contribution in [-0.4, -0.2) is 6.71 Å². The first kappa shape index (κ1) is 38.3. The standard InChI is InChI=1S/C61H69BN2/c1-36-25-53-55-54(26-36)64(50-32-46-42(28-38(50)3)59(10,11)35-61(46,14)15)52-33-44-43(56(4,5)23-24-57(44,6)7)30-48(52)62(55)47-22-21-40(39-19-17-16-18-20-39)29-51(47)63(53)49-31-45-41(27-37(49)2)58(8,9)34-60(45,12)13/h16-22,25-33H,23-24,34-35H2,1-15H3/i1D3. The van der Waals surface area contributed by atoms with E-state index in [2.05, 4.69) is 192 Å². The van der Waals surface area contributed by atoms with Crippen molar-refractivity contribution in [3.63, 3.8) is 0 Å². The highest BCUT2D eigenvalue weighted by molar-refractivity contribution is 7.00. The summed E-state index contributed by atoms with van der Waals surface area (Å²) in [4.78, 5) is 4.98. The maximum Gasteiger partial charge on any atom is 0.252 e. The normalized spacial score (nSPS) is 21.4. The highest BCUT2D eigenvalue weighted by atomic mass is 15.2. The van der Waals surface area contributed by atoms with E-state index in [9.17, 15) is 4.11 Å². The Morgan fingerprint density at radius 1 is 0.422 bits per heavy atom. The third-order valence-electron chi connectivity index (χ3n) is 17.0. The summed E-state index contributed by atoms with van der Waals surface area (Å²) in [5.74, 6) is 0. The van der Waals surface area contributed by atoms with Gasteiger partial charge in [-0.3, -0.25) is 0 Å². The lowest BCUT2D eigenvalue weighted by molar-refractivity contribution is 0.332. The highest BCUT2D eigenvalue weighted by Crippen LogP contribution is 2.56. The molecule has 0 fully saturated rings. The van der Waals surface area contributed by atoms with Crippen LogP contribution in [-0.2, 0) is 32.5 Å². The van der Waals surface area contributed by atoms with Gasteiger partial charge >= 0.3 is 0 Å². The Morgan fingerprint density at radius 3 is 1.36 bits per heavy atom. The molecule has 0 radical (unpaired) electrons. The molecule has 0 bridgehead atoms. The molecule has 0 saturated heterocycles. The number of rotatable bonds is 3. The second-order valence-electron chi connectivity index (χ2n) is 24.7. The van der Waals surface area contributed by atoms with Gasteiger partial charge in [0.2, 0.25) is 0 Å². The van der Waals surface area contributed by atoms with Gasteiger partial charge in [-0.15, -0.1) is 0 Å².